The van der Waals surface area contributed by atoms with Crippen LogP contribution in [0.25, 0.3) is 5.57 Å². The molecule has 5 heteroatoms. The number of hydrogen-bond donors (Lipinski definition) is 0. The molecule has 2 aromatic rings. The van der Waals surface area contributed by atoms with E-state index in [1.165, 1.54) is 0 Å². The van der Waals surface area contributed by atoms with Gasteiger partial charge in [0.15, 0.2) is 17.3 Å². The topological polar surface area (TPSA) is 61.8 Å². The van der Waals surface area contributed by atoms with Gasteiger partial charge in [0, 0.05) is 6.42 Å². The zero-order chi connectivity index (χ0) is 20.1. The number of allylic oxidation sites excluding steroid dienone is 2. The maximum absolute atomic E-state index is 12.4. The van der Waals surface area contributed by atoms with E-state index in [1.54, 1.807) is 39.4 Å². The molecule has 0 fully saturated rings. The Bertz CT molecular complexity index is 913. The highest BCUT2D eigenvalue weighted by atomic mass is 16.5. The second-order valence-corrected chi connectivity index (χ2v) is 6.66. The van der Waals surface area contributed by atoms with E-state index in [1.807, 2.05) is 30.3 Å². The van der Waals surface area contributed by atoms with E-state index in [0.717, 1.165) is 16.7 Å². The van der Waals surface area contributed by atoms with Gasteiger partial charge in [0.1, 0.15) is 0 Å². The fraction of sp³-hybridized carbons (Fsp3) is 0.304. The number of esters is 1. The summed E-state index contributed by atoms with van der Waals surface area (Å²) in [6.45, 7) is 2.10. The molecule has 0 heterocycles. The molecule has 0 aromatic heterocycles. The lowest BCUT2D eigenvalue weighted by Crippen LogP contribution is -2.13. The van der Waals surface area contributed by atoms with E-state index in [9.17, 15) is 9.59 Å². The number of benzene rings is 2. The number of hydrogen-bond acceptors (Lipinski definition) is 5. The van der Waals surface area contributed by atoms with Crippen molar-refractivity contribution in [3.63, 3.8) is 0 Å². The van der Waals surface area contributed by atoms with E-state index in [0.29, 0.717) is 36.5 Å². The van der Waals surface area contributed by atoms with Crippen LogP contribution in [-0.2, 0) is 9.53 Å². The first-order valence-corrected chi connectivity index (χ1v) is 9.28. The summed E-state index contributed by atoms with van der Waals surface area (Å²) in [5.41, 5.74) is 3.30. The Labute approximate surface area is 164 Å². The van der Waals surface area contributed by atoms with Gasteiger partial charge in [0.25, 0.3) is 0 Å². The standard InChI is InChI=1S/C23H24O5/c1-4-28-23(25)17-7-5-6-15(10-17)18-11-19(13-20(24)12-18)16-8-9-21(26-2)22(14-16)27-3/h5-10,12,14,19H,4,11,13H2,1-3H3/t19-/m1/s1. The molecule has 28 heavy (non-hydrogen) atoms. The molecular formula is C23H24O5. The lowest BCUT2D eigenvalue weighted by molar-refractivity contribution is -0.115. The van der Waals surface area contributed by atoms with Crippen LogP contribution >= 0.6 is 0 Å². The van der Waals surface area contributed by atoms with Crippen molar-refractivity contribution in [3.05, 3.63) is 65.2 Å². The van der Waals surface area contributed by atoms with E-state index in [4.69, 9.17) is 14.2 Å². The van der Waals surface area contributed by atoms with Crippen LogP contribution in [0.3, 0.4) is 0 Å². The third-order valence-electron chi connectivity index (χ3n) is 4.87. The Morgan fingerprint density at radius 1 is 1.04 bits per heavy atom. The molecular weight excluding hydrogens is 356 g/mol. The summed E-state index contributed by atoms with van der Waals surface area (Å²) in [4.78, 5) is 24.4. The molecule has 0 aliphatic heterocycles. The van der Waals surface area contributed by atoms with Crippen LogP contribution in [0.15, 0.2) is 48.5 Å². The molecule has 3 rings (SSSR count). The zero-order valence-electron chi connectivity index (χ0n) is 16.4. The van der Waals surface area contributed by atoms with Gasteiger partial charge in [-0.3, -0.25) is 4.79 Å². The van der Waals surface area contributed by atoms with Gasteiger partial charge < -0.3 is 14.2 Å². The first-order chi connectivity index (χ1) is 13.5. The van der Waals surface area contributed by atoms with E-state index >= 15 is 0 Å². The van der Waals surface area contributed by atoms with E-state index in [-0.39, 0.29) is 17.7 Å². The molecule has 0 unspecified atom stereocenters. The van der Waals surface area contributed by atoms with Crippen LogP contribution in [0, 0.1) is 0 Å². The molecule has 146 valence electrons. The summed E-state index contributed by atoms with van der Waals surface area (Å²) in [6, 6.07) is 13.0. The van der Waals surface area contributed by atoms with Crippen LogP contribution in [0.2, 0.25) is 0 Å². The molecule has 0 spiro atoms. The SMILES string of the molecule is CCOC(=O)c1cccc(C2=CC(=O)C[C@H](c3ccc(OC)c(OC)c3)C2)c1. The summed E-state index contributed by atoms with van der Waals surface area (Å²) < 4.78 is 15.8. The summed E-state index contributed by atoms with van der Waals surface area (Å²) >= 11 is 0. The minimum atomic E-state index is -0.358. The van der Waals surface area contributed by atoms with Crippen LogP contribution in [0.4, 0.5) is 0 Å². The van der Waals surface area contributed by atoms with Crippen LogP contribution in [0.1, 0.15) is 47.2 Å². The average Bonchev–Trinajstić information content (AvgIpc) is 2.73. The Kier molecular flexibility index (Phi) is 6.14. The van der Waals surface area contributed by atoms with Crippen molar-refractivity contribution in [1.82, 2.24) is 0 Å². The first-order valence-electron chi connectivity index (χ1n) is 9.28. The summed E-state index contributed by atoms with van der Waals surface area (Å²) in [7, 11) is 3.19. The molecule has 1 aliphatic carbocycles. The number of carbonyl (C=O) groups is 2. The van der Waals surface area contributed by atoms with Crippen LogP contribution < -0.4 is 9.47 Å². The molecule has 0 saturated carbocycles. The van der Waals surface area contributed by atoms with Gasteiger partial charge >= 0.3 is 5.97 Å². The van der Waals surface area contributed by atoms with Crippen molar-refractivity contribution in [2.24, 2.45) is 0 Å². The van der Waals surface area contributed by atoms with E-state index < -0.39 is 0 Å². The van der Waals surface area contributed by atoms with Gasteiger partial charge in [0.05, 0.1) is 26.4 Å². The molecule has 0 radical (unpaired) electrons. The fourth-order valence-corrected chi connectivity index (χ4v) is 3.50. The fourth-order valence-electron chi connectivity index (χ4n) is 3.50. The second kappa shape index (κ2) is 8.74. The highest BCUT2D eigenvalue weighted by Crippen LogP contribution is 2.39. The largest absolute Gasteiger partial charge is 0.493 e. The predicted molar refractivity (Wildman–Crippen MR) is 107 cm³/mol. The third kappa shape index (κ3) is 4.25. The van der Waals surface area contributed by atoms with Crippen molar-refractivity contribution in [1.29, 1.82) is 0 Å². The Morgan fingerprint density at radius 2 is 1.82 bits per heavy atom. The molecule has 1 aliphatic rings. The molecule has 1 atom stereocenters. The van der Waals surface area contributed by atoms with E-state index in [2.05, 4.69) is 0 Å². The number of carbonyl (C=O) groups excluding carboxylic acids is 2. The van der Waals surface area contributed by atoms with Crippen molar-refractivity contribution >= 4 is 17.3 Å². The highest BCUT2D eigenvalue weighted by Gasteiger charge is 2.24. The Hall–Kier alpha value is -3.08. The van der Waals surface area contributed by atoms with Gasteiger partial charge in [-0.1, -0.05) is 18.2 Å². The smallest absolute Gasteiger partial charge is 0.338 e. The first kappa shape index (κ1) is 19.7. The highest BCUT2D eigenvalue weighted by molar-refractivity contribution is 6.00. The van der Waals surface area contributed by atoms with Crippen LogP contribution in [0.5, 0.6) is 11.5 Å². The Balaban J connectivity index is 1.88. The number of ketones is 1. The maximum atomic E-state index is 12.4. The summed E-state index contributed by atoms with van der Waals surface area (Å²) in [6.07, 6.45) is 2.82. The zero-order valence-corrected chi connectivity index (χ0v) is 16.4. The predicted octanol–water partition coefficient (Wildman–Crippen LogP) is 4.41. The normalized spacial score (nSPS) is 16.3. The molecule has 5 nitrogen and oxygen atoms in total. The average molecular weight is 380 g/mol. The maximum Gasteiger partial charge on any atom is 0.338 e. The lowest BCUT2D eigenvalue weighted by Gasteiger charge is -2.23. The molecule has 2 aromatic carbocycles. The van der Waals surface area contributed by atoms with Gasteiger partial charge in [-0.25, -0.2) is 4.79 Å². The monoisotopic (exact) mass is 380 g/mol. The number of rotatable bonds is 6. The summed E-state index contributed by atoms with van der Waals surface area (Å²) in [5, 5.41) is 0. The van der Waals surface area contributed by atoms with Crippen molar-refractivity contribution < 1.29 is 23.8 Å². The summed E-state index contributed by atoms with van der Waals surface area (Å²) in [5.74, 6) is 1.06. The van der Waals surface area contributed by atoms with Crippen molar-refractivity contribution in [2.75, 3.05) is 20.8 Å². The number of ether oxygens (including phenoxy) is 3. The third-order valence-corrected chi connectivity index (χ3v) is 4.87. The quantitative estimate of drug-likeness (QED) is 0.695. The van der Waals surface area contributed by atoms with Crippen LogP contribution in [-0.4, -0.2) is 32.6 Å². The van der Waals surface area contributed by atoms with Gasteiger partial charge in [-0.15, -0.1) is 0 Å². The number of methoxy groups -OCH3 is 2. The lowest BCUT2D eigenvalue weighted by atomic mass is 9.80. The van der Waals surface area contributed by atoms with Gasteiger partial charge in [-0.2, -0.15) is 0 Å². The minimum absolute atomic E-state index is 0.0403. The minimum Gasteiger partial charge on any atom is -0.493 e. The van der Waals surface area contributed by atoms with Crippen molar-refractivity contribution in [3.8, 4) is 11.5 Å². The molecule has 0 bridgehead atoms. The Morgan fingerprint density at radius 3 is 2.54 bits per heavy atom. The molecule has 0 saturated heterocycles. The van der Waals surface area contributed by atoms with Crippen molar-refractivity contribution in [2.45, 2.75) is 25.7 Å². The van der Waals surface area contributed by atoms with Gasteiger partial charge in [0.2, 0.25) is 0 Å². The molecule has 0 amide bonds. The second-order valence-electron chi connectivity index (χ2n) is 6.66. The molecule has 0 N–H and O–H groups in total. The van der Waals surface area contributed by atoms with Gasteiger partial charge in [-0.05, 0) is 66.3 Å².